The first-order valence-corrected chi connectivity index (χ1v) is 6.56. The van der Waals surface area contributed by atoms with Gasteiger partial charge in [0.05, 0.1) is 6.04 Å². The van der Waals surface area contributed by atoms with E-state index in [2.05, 4.69) is 10.6 Å². The summed E-state index contributed by atoms with van der Waals surface area (Å²) in [6, 6.07) is -2.41. The highest BCUT2D eigenvalue weighted by Gasteiger charge is 2.23. The van der Waals surface area contributed by atoms with Crippen molar-refractivity contribution in [1.29, 1.82) is 0 Å². The smallest absolute Gasteiger partial charge is 0.326 e. The van der Waals surface area contributed by atoms with E-state index in [4.69, 9.17) is 16.6 Å². The van der Waals surface area contributed by atoms with Crippen LogP contribution in [0.3, 0.4) is 0 Å². The van der Waals surface area contributed by atoms with E-state index in [1.54, 1.807) is 0 Å². The highest BCUT2D eigenvalue weighted by atomic mass is 16.4. The molecule has 8 heteroatoms. The highest BCUT2D eigenvalue weighted by Crippen LogP contribution is 2.04. The molecule has 0 saturated carbocycles. The number of carbonyl (C=O) groups is 3. The van der Waals surface area contributed by atoms with Crippen molar-refractivity contribution in [2.75, 3.05) is 6.54 Å². The van der Waals surface area contributed by atoms with Gasteiger partial charge in [0.1, 0.15) is 6.04 Å². The van der Waals surface area contributed by atoms with Crippen LogP contribution in [0.1, 0.15) is 33.1 Å². The Morgan fingerprint density at radius 1 is 1.25 bits per heavy atom. The van der Waals surface area contributed by atoms with Crippen molar-refractivity contribution >= 4 is 17.9 Å². The van der Waals surface area contributed by atoms with Gasteiger partial charge in [-0.05, 0) is 25.2 Å². The quantitative estimate of drug-likeness (QED) is 0.358. The van der Waals surface area contributed by atoms with Crippen molar-refractivity contribution in [3.05, 3.63) is 0 Å². The van der Waals surface area contributed by atoms with Gasteiger partial charge in [0.15, 0.2) is 0 Å². The summed E-state index contributed by atoms with van der Waals surface area (Å²) in [5.74, 6) is -1.36. The third-order valence-corrected chi connectivity index (χ3v) is 2.65. The molecule has 0 aliphatic heterocycles. The molecule has 2 unspecified atom stereocenters. The summed E-state index contributed by atoms with van der Waals surface area (Å²) >= 11 is 0. The zero-order valence-electron chi connectivity index (χ0n) is 11.9. The first-order valence-electron chi connectivity index (χ1n) is 6.56. The fraction of sp³-hybridized carbons (Fsp3) is 0.750. The Balaban J connectivity index is 4.22. The van der Waals surface area contributed by atoms with Crippen LogP contribution < -0.4 is 22.1 Å². The van der Waals surface area contributed by atoms with Crippen LogP contribution >= 0.6 is 0 Å². The van der Waals surface area contributed by atoms with E-state index in [0.29, 0.717) is 12.8 Å². The Hall–Kier alpha value is -1.83. The molecule has 0 heterocycles. The topological polar surface area (TPSA) is 148 Å². The minimum absolute atomic E-state index is 0.190. The third kappa shape index (κ3) is 8.30. The summed E-state index contributed by atoms with van der Waals surface area (Å²) in [7, 11) is 0. The maximum atomic E-state index is 11.7. The number of hydrogen-bond donors (Lipinski definition) is 5. The molecule has 20 heavy (non-hydrogen) atoms. The minimum Gasteiger partial charge on any atom is -0.480 e. The molecule has 0 spiro atoms. The molecule has 0 aromatic carbocycles. The van der Waals surface area contributed by atoms with E-state index < -0.39 is 30.0 Å². The molecule has 0 aromatic rings. The fourth-order valence-electron chi connectivity index (χ4n) is 1.67. The van der Waals surface area contributed by atoms with Crippen LogP contribution in [0, 0.1) is 5.92 Å². The lowest BCUT2D eigenvalue weighted by atomic mass is 10.0. The number of carbonyl (C=O) groups excluding carboxylic acids is 2. The zero-order valence-corrected chi connectivity index (χ0v) is 11.9. The standard InChI is InChI=1S/C12H24N4O4/c1-7(2)6-8(13)10(17)16-9(11(18)19)4-3-5-15-12(14)20/h7-9H,3-6,13H2,1-2H3,(H,16,17)(H,18,19)(H3,14,15,20). The lowest BCUT2D eigenvalue weighted by Gasteiger charge is -2.18. The van der Waals surface area contributed by atoms with Gasteiger partial charge in [-0.1, -0.05) is 13.8 Å². The molecule has 0 aliphatic rings. The Kier molecular flexibility index (Phi) is 8.30. The van der Waals surface area contributed by atoms with E-state index in [0.717, 1.165) is 0 Å². The Morgan fingerprint density at radius 3 is 2.30 bits per heavy atom. The maximum absolute atomic E-state index is 11.7. The number of carboxylic acids is 1. The van der Waals surface area contributed by atoms with E-state index in [1.807, 2.05) is 13.8 Å². The second-order valence-electron chi connectivity index (χ2n) is 5.07. The fourth-order valence-corrected chi connectivity index (χ4v) is 1.67. The molecule has 0 radical (unpaired) electrons. The number of nitrogens with one attached hydrogen (secondary N) is 2. The number of amides is 3. The molecule has 0 saturated heterocycles. The molecule has 0 aromatic heterocycles. The van der Waals surface area contributed by atoms with Gasteiger partial charge in [-0.2, -0.15) is 0 Å². The largest absolute Gasteiger partial charge is 0.480 e. The van der Waals surface area contributed by atoms with Crippen LogP contribution in [0.25, 0.3) is 0 Å². The summed E-state index contributed by atoms with van der Waals surface area (Å²) in [5.41, 5.74) is 10.6. The summed E-state index contributed by atoms with van der Waals surface area (Å²) in [6.07, 6.45) is 1.07. The second-order valence-corrected chi connectivity index (χ2v) is 5.07. The van der Waals surface area contributed by atoms with Gasteiger partial charge in [-0.25, -0.2) is 9.59 Å². The number of urea groups is 1. The number of hydrogen-bond acceptors (Lipinski definition) is 4. The number of rotatable bonds is 9. The van der Waals surface area contributed by atoms with Crippen LogP contribution in [0.4, 0.5) is 4.79 Å². The number of nitrogens with two attached hydrogens (primary N) is 2. The average molecular weight is 288 g/mol. The zero-order chi connectivity index (χ0) is 15.7. The predicted molar refractivity (Wildman–Crippen MR) is 73.8 cm³/mol. The first kappa shape index (κ1) is 18.2. The van der Waals surface area contributed by atoms with Crippen molar-refractivity contribution in [2.24, 2.45) is 17.4 Å². The summed E-state index contributed by atoms with van der Waals surface area (Å²) in [4.78, 5) is 33.2. The van der Waals surface area contributed by atoms with Crippen LogP contribution in [0.2, 0.25) is 0 Å². The monoisotopic (exact) mass is 288 g/mol. The first-order chi connectivity index (χ1) is 9.23. The molecule has 0 rings (SSSR count). The SMILES string of the molecule is CC(C)CC(N)C(=O)NC(CCCNC(N)=O)C(=O)O. The third-order valence-electron chi connectivity index (χ3n) is 2.65. The molecule has 3 amide bonds. The van der Waals surface area contributed by atoms with Crippen molar-refractivity contribution in [3.63, 3.8) is 0 Å². The van der Waals surface area contributed by atoms with Crippen LogP contribution in [0.5, 0.6) is 0 Å². The Morgan fingerprint density at radius 2 is 1.85 bits per heavy atom. The number of carboxylic acid groups (broad SMARTS) is 1. The molecule has 7 N–H and O–H groups in total. The normalized spacial score (nSPS) is 13.6. The summed E-state index contributed by atoms with van der Waals surface area (Å²) in [6.45, 7) is 4.11. The molecular weight excluding hydrogens is 264 g/mol. The van der Waals surface area contributed by atoms with Gasteiger partial charge in [-0.15, -0.1) is 0 Å². The van der Waals surface area contributed by atoms with Gasteiger partial charge in [0.2, 0.25) is 5.91 Å². The molecular formula is C12H24N4O4. The van der Waals surface area contributed by atoms with Gasteiger partial charge in [0.25, 0.3) is 0 Å². The molecule has 2 atom stereocenters. The van der Waals surface area contributed by atoms with Crippen molar-refractivity contribution < 1.29 is 19.5 Å². The van der Waals surface area contributed by atoms with Crippen molar-refractivity contribution in [2.45, 2.75) is 45.2 Å². The Bertz CT molecular complexity index is 346. The maximum Gasteiger partial charge on any atom is 0.326 e. The predicted octanol–water partition coefficient (Wildman–Crippen LogP) is -0.622. The van der Waals surface area contributed by atoms with Crippen molar-refractivity contribution in [1.82, 2.24) is 10.6 Å². The summed E-state index contributed by atoms with van der Waals surface area (Å²) < 4.78 is 0. The van der Waals surface area contributed by atoms with E-state index in [9.17, 15) is 14.4 Å². The Labute approximate surface area is 118 Å². The van der Waals surface area contributed by atoms with E-state index in [1.165, 1.54) is 0 Å². The van der Waals surface area contributed by atoms with Gasteiger partial charge in [0, 0.05) is 6.54 Å². The molecule has 0 fully saturated rings. The average Bonchev–Trinajstić information content (AvgIpc) is 2.31. The van der Waals surface area contributed by atoms with Crippen LogP contribution in [-0.4, -0.2) is 41.6 Å². The van der Waals surface area contributed by atoms with E-state index >= 15 is 0 Å². The highest BCUT2D eigenvalue weighted by molar-refractivity contribution is 5.86. The molecule has 8 nitrogen and oxygen atoms in total. The molecule has 0 aliphatic carbocycles. The lowest BCUT2D eigenvalue weighted by molar-refractivity contribution is -0.142. The van der Waals surface area contributed by atoms with Gasteiger partial charge in [-0.3, -0.25) is 4.79 Å². The number of primary amides is 1. The van der Waals surface area contributed by atoms with Crippen LogP contribution in [0.15, 0.2) is 0 Å². The van der Waals surface area contributed by atoms with E-state index in [-0.39, 0.29) is 18.9 Å². The minimum atomic E-state index is -1.13. The molecule has 0 bridgehead atoms. The lowest BCUT2D eigenvalue weighted by Crippen LogP contribution is -2.49. The summed E-state index contributed by atoms with van der Waals surface area (Å²) in [5, 5.41) is 13.8. The molecule has 116 valence electrons. The number of aliphatic carboxylic acids is 1. The van der Waals surface area contributed by atoms with Gasteiger partial charge < -0.3 is 27.2 Å². The van der Waals surface area contributed by atoms with Gasteiger partial charge >= 0.3 is 12.0 Å². The van der Waals surface area contributed by atoms with Crippen LogP contribution in [-0.2, 0) is 9.59 Å². The second kappa shape index (κ2) is 9.13. The van der Waals surface area contributed by atoms with Crippen molar-refractivity contribution in [3.8, 4) is 0 Å².